The number of amides is 1. The van der Waals surface area contributed by atoms with Crippen molar-refractivity contribution in [1.29, 1.82) is 0 Å². The van der Waals surface area contributed by atoms with Crippen molar-refractivity contribution in [2.24, 2.45) is 5.41 Å². The number of aromatic nitrogens is 2. The van der Waals surface area contributed by atoms with Crippen molar-refractivity contribution in [3.05, 3.63) is 89.6 Å². The highest BCUT2D eigenvalue weighted by molar-refractivity contribution is 5.85. The van der Waals surface area contributed by atoms with Crippen LogP contribution >= 0.6 is 0 Å². The van der Waals surface area contributed by atoms with Gasteiger partial charge in [-0.2, -0.15) is 5.10 Å². The Balaban J connectivity index is 1.81. The lowest BCUT2D eigenvalue weighted by Crippen LogP contribution is -2.45. The molecule has 2 atom stereocenters. The quantitative estimate of drug-likeness (QED) is 0.362. The average Bonchev–Trinajstić information content (AvgIpc) is 3.27. The minimum Gasteiger partial charge on any atom is -0.494 e. The fraction of sp³-hybridized carbons (Fsp3) is 0.250. The van der Waals surface area contributed by atoms with Crippen LogP contribution in [0.4, 0.5) is 8.78 Å². The van der Waals surface area contributed by atoms with Crippen molar-refractivity contribution in [3.63, 3.8) is 0 Å². The molecule has 0 bridgehead atoms. The van der Waals surface area contributed by atoms with Gasteiger partial charge >= 0.3 is 0 Å². The molecule has 1 heterocycles. The number of aldehydes is 1. The molecule has 36 heavy (non-hydrogen) atoms. The van der Waals surface area contributed by atoms with Crippen LogP contribution in [0, 0.1) is 17.0 Å². The fourth-order valence-electron chi connectivity index (χ4n) is 4.08. The second-order valence-corrected chi connectivity index (χ2v) is 9.61. The molecule has 8 heteroatoms. The van der Waals surface area contributed by atoms with Crippen molar-refractivity contribution in [2.75, 3.05) is 7.11 Å². The molecule has 0 saturated heterocycles. The summed E-state index contributed by atoms with van der Waals surface area (Å²) in [4.78, 5) is 25.0. The standard InChI is InChI=1S/C28H27F2N3O3/c1-28(2,3)27(35)32-23(16-34)26(18-6-12-25(36-4)22(30)14-18)17-5-11-24-19(13-17)15-31-33(24)21-9-7-20(29)8-10-21/h5-16,23,26H,1-4H3,(H,32,35)/t23-,26-/m1/s1. The minimum atomic E-state index is -0.950. The van der Waals surface area contributed by atoms with Crippen LogP contribution in [-0.4, -0.2) is 35.1 Å². The number of halogens is 2. The zero-order chi connectivity index (χ0) is 26.0. The summed E-state index contributed by atoms with van der Waals surface area (Å²) in [5.74, 6) is -1.81. The topological polar surface area (TPSA) is 73.2 Å². The van der Waals surface area contributed by atoms with Gasteiger partial charge in [0.15, 0.2) is 11.6 Å². The molecule has 6 nitrogen and oxygen atoms in total. The summed E-state index contributed by atoms with van der Waals surface area (Å²) in [6, 6.07) is 15.0. The molecule has 0 spiro atoms. The average molecular weight is 492 g/mol. The van der Waals surface area contributed by atoms with E-state index in [9.17, 15) is 18.4 Å². The van der Waals surface area contributed by atoms with Crippen molar-refractivity contribution >= 4 is 23.1 Å². The number of methoxy groups -OCH3 is 1. The third-order valence-corrected chi connectivity index (χ3v) is 6.04. The Morgan fingerprint density at radius 3 is 2.31 bits per heavy atom. The first-order valence-electron chi connectivity index (χ1n) is 11.5. The monoisotopic (exact) mass is 491 g/mol. The Kier molecular flexibility index (Phi) is 6.88. The number of rotatable bonds is 7. The Labute approximate surface area is 207 Å². The molecule has 4 rings (SSSR count). The number of nitrogens with zero attached hydrogens (tertiary/aromatic N) is 2. The first-order chi connectivity index (χ1) is 17.1. The van der Waals surface area contributed by atoms with Gasteiger partial charge in [-0.15, -0.1) is 0 Å². The van der Waals surface area contributed by atoms with E-state index in [0.29, 0.717) is 23.1 Å². The largest absolute Gasteiger partial charge is 0.494 e. The van der Waals surface area contributed by atoms with E-state index in [-0.39, 0.29) is 17.5 Å². The molecule has 186 valence electrons. The van der Waals surface area contributed by atoms with Crippen LogP contribution in [0.15, 0.2) is 66.9 Å². The predicted octanol–water partition coefficient (Wildman–Crippen LogP) is 5.17. The molecule has 1 N–H and O–H groups in total. The van der Waals surface area contributed by atoms with Gasteiger partial charge in [-0.05, 0) is 59.7 Å². The number of benzene rings is 3. The zero-order valence-electron chi connectivity index (χ0n) is 20.5. The van der Waals surface area contributed by atoms with Crippen molar-refractivity contribution < 1.29 is 23.1 Å². The van der Waals surface area contributed by atoms with Crippen LogP contribution in [-0.2, 0) is 9.59 Å². The van der Waals surface area contributed by atoms with E-state index in [1.807, 2.05) is 18.2 Å². The summed E-state index contributed by atoms with van der Waals surface area (Å²) >= 11 is 0. The van der Waals surface area contributed by atoms with Gasteiger partial charge in [-0.3, -0.25) is 4.79 Å². The summed E-state index contributed by atoms with van der Waals surface area (Å²) in [5, 5.41) is 8.01. The number of hydrogen-bond acceptors (Lipinski definition) is 4. The van der Waals surface area contributed by atoms with Gasteiger partial charge in [0.2, 0.25) is 5.91 Å². The third-order valence-electron chi connectivity index (χ3n) is 6.04. The lowest BCUT2D eigenvalue weighted by Gasteiger charge is -2.28. The number of fused-ring (bicyclic) bond motifs is 1. The van der Waals surface area contributed by atoms with Crippen LogP contribution in [0.25, 0.3) is 16.6 Å². The van der Waals surface area contributed by atoms with E-state index in [2.05, 4.69) is 10.4 Å². The molecule has 1 amide bonds. The first-order valence-corrected chi connectivity index (χ1v) is 11.5. The lowest BCUT2D eigenvalue weighted by atomic mass is 9.84. The van der Waals surface area contributed by atoms with Gasteiger partial charge < -0.3 is 14.8 Å². The second-order valence-electron chi connectivity index (χ2n) is 9.61. The van der Waals surface area contributed by atoms with Crippen LogP contribution in [0.5, 0.6) is 5.75 Å². The number of hydrogen-bond donors (Lipinski definition) is 1. The van der Waals surface area contributed by atoms with Gasteiger partial charge in [0.05, 0.1) is 30.6 Å². The Bertz CT molecular complexity index is 1410. The number of carbonyl (C=O) groups is 2. The molecule has 0 saturated carbocycles. The van der Waals surface area contributed by atoms with E-state index in [1.54, 1.807) is 49.8 Å². The molecule has 0 aliphatic heterocycles. The van der Waals surface area contributed by atoms with E-state index in [4.69, 9.17) is 4.74 Å². The molecule has 1 aromatic heterocycles. The molecular weight excluding hydrogens is 464 g/mol. The summed E-state index contributed by atoms with van der Waals surface area (Å²) in [6.45, 7) is 5.26. The molecule has 0 unspecified atom stereocenters. The smallest absolute Gasteiger partial charge is 0.225 e. The summed E-state index contributed by atoms with van der Waals surface area (Å²) < 4.78 is 34.8. The van der Waals surface area contributed by atoms with Crippen molar-refractivity contribution in [1.82, 2.24) is 15.1 Å². The van der Waals surface area contributed by atoms with Crippen molar-refractivity contribution in [2.45, 2.75) is 32.7 Å². The molecule has 0 fully saturated rings. The maximum atomic E-state index is 14.7. The molecule has 4 aromatic rings. The molecule has 3 aromatic carbocycles. The third kappa shape index (κ3) is 4.98. The first kappa shape index (κ1) is 25.0. The highest BCUT2D eigenvalue weighted by Crippen LogP contribution is 2.33. The maximum Gasteiger partial charge on any atom is 0.225 e. The fourth-order valence-corrected chi connectivity index (χ4v) is 4.08. The lowest BCUT2D eigenvalue weighted by molar-refractivity contribution is -0.130. The predicted molar refractivity (Wildman–Crippen MR) is 133 cm³/mol. The van der Waals surface area contributed by atoms with E-state index in [0.717, 1.165) is 10.9 Å². The van der Waals surface area contributed by atoms with E-state index >= 15 is 0 Å². The van der Waals surface area contributed by atoms with Gasteiger partial charge in [-0.1, -0.05) is 32.9 Å². The van der Waals surface area contributed by atoms with Crippen LogP contribution in [0.1, 0.15) is 37.8 Å². The van der Waals surface area contributed by atoms with Crippen LogP contribution in [0.2, 0.25) is 0 Å². The van der Waals surface area contributed by atoms with Crippen LogP contribution in [0.3, 0.4) is 0 Å². The Morgan fingerprint density at radius 1 is 1.03 bits per heavy atom. The second kappa shape index (κ2) is 9.89. The maximum absolute atomic E-state index is 14.7. The number of ether oxygens (including phenoxy) is 1. The van der Waals surface area contributed by atoms with E-state index in [1.165, 1.54) is 31.4 Å². The normalized spacial score (nSPS) is 13.3. The van der Waals surface area contributed by atoms with Gasteiger partial charge in [0, 0.05) is 16.7 Å². The molecular formula is C28H27F2N3O3. The van der Waals surface area contributed by atoms with E-state index < -0.39 is 23.2 Å². The van der Waals surface area contributed by atoms with Gasteiger partial charge in [-0.25, -0.2) is 13.5 Å². The minimum absolute atomic E-state index is 0.0786. The molecule has 0 aliphatic rings. The Morgan fingerprint density at radius 2 is 1.69 bits per heavy atom. The molecule has 0 aliphatic carbocycles. The number of carbonyl (C=O) groups excluding carboxylic acids is 2. The van der Waals surface area contributed by atoms with Gasteiger partial charge in [0.25, 0.3) is 0 Å². The molecule has 0 radical (unpaired) electrons. The Hall–Kier alpha value is -4.07. The van der Waals surface area contributed by atoms with Gasteiger partial charge in [0.1, 0.15) is 12.1 Å². The highest BCUT2D eigenvalue weighted by Gasteiger charge is 2.31. The summed E-state index contributed by atoms with van der Waals surface area (Å²) in [7, 11) is 1.38. The van der Waals surface area contributed by atoms with Crippen molar-refractivity contribution in [3.8, 4) is 11.4 Å². The zero-order valence-corrected chi connectivity index (χ0v) is 20.5. The summed E-state index contributed by atoms with van der Waals surface area (Å²) in [5.41, 5.74) is 1.93. The number of nitrogens with one attached hydrogen (secondary N) is 1. The highest BCUT2D eigenvalue weighted by atomic mass is 19.1. The van der Waals surface area contributed by atoms with Crippen LogP contribution < -0.4 is 10.1 Å². The summed E-state index contributed by atoms with van der Waals surface area (Å²) in [6.07, 6.45) is 2.33. The SMILES string of the molecule is COc1ccc([C@@H](c2ccc3c(cnn3-c3ccc(F)cc3)c2)[C@@H](C=O)NC(=O)C(C)(C)C)cc1F.